The standard InChI is InChI=1S/C24H25N3O3/c1-16(2)25-15-27(26-14-13-20(28)23(29)22(26)24(25)30)21(18-10-5-4-6-11-18)19-12-8-7-9-17(19)3/h4-14,16,21,29H,15H2,1-3H3. The van der Waals surface area contributed by atoms with Gasteiger partial charge in [0.05, 0.1) is 6.04 Å². The Morgan fingerprint density at radius 2 is 1.60 bits per heavy atom. The molecule has 1 amide bonds. The second kappa shape index (κ2) is 7.71. The predicted octanol–water partition coefficient (Wildman–Crippen LogP) is 3.41. The van der Waals surface area contributed by atoms with Crippen LogP contribution < -0.4 is 10.4 Å². The Hall–Kier alpha value is -3.54. The summed E-state index contributed by atoms with van der Waals surface area (Å²) in [5.41, 5.74) is 2.69. The zero-order chi connectivity index (χ0) is 21.4. The van der Waals surface area contributed by atoms with Gasteiger partial charge < -0.3 is 10.0 Å². The molecule has 2 aromatic carbocycles. The number of carbonyl (C=O) groups excluding carboxylic acids is 1. The average Bonchev–Trinajstić information content (AvgIpc) is 2.74. The van der Waals surface area contributed by atoms with E-state index in [1.165, 1.54) is 6.07 Å². The van der Waals surface area contributed by atoms with Crippen LogP contribution in [0, 0.1) is 6.92 Å². The van der Waals surface area contributed by atoms with Gasteiger partial charge in [-0.3, -0.25) is 19.3 Å². The third kappa shape index (κ3) is 3.24. The van der Waals surface area contributed by atoms with Crippen molar-refractivity contribution in [3.8, 4) is 5.75 Å². The lowest BCUT2D eigenvalue weighted by Gasteiger charge is -2.45. The van der Waals surface area contributed by atoms with Gasteiger partial charge in [0.25, 0.3) is 5.91 Å². The normalized spacial score (nSPS) is 14.7. The number of aromatic nitrogens is 1. The first-order valence-corrected chi connectivity index (χ1v) is 10.0. The molecule has 0 fully saturated rings. The molecule has 0 spiro atoms. The number of rotatable bonds is 4. The fourth-order valence-electron chi connectivity index (χ4n) is 4.00. The van der Waals surface area contributed by atoms with E-state index in [0.717, 1.165) is 16.7 Å². The topological polar surface area (TPSA) is 65.8 Å². The molecule has 1 atom stereocenters. The van der Waals surface area contributed by atoms with Crippen molar-refractivity contribution in [2.45, 2.75) is 32.9 Å². The van der Waals surface area contributed by atoms with Crippen LogP contribution >= 0.6 is 0 Å². The lowest BCUT2D eigenvalue weighted by molar-refractivity contribution is 0.0621. The number of amides is 1. The van der Waals surface area contributed by atoms with E-state index in [1.54, 1.807) is 15.8 Å². The zero-order valence-electron chi connectivity index (χ0n) is 17.3. The molecule has 1 aliphatic heterocycles. The first-order valence-electron chi connectivity index (χ1n) is 10.0. The Morgan fingerprint density at radius 3 is 2.27 bits per heavy atom. The summed E-state index contributed by atoms with van der Waals surface area (Å²) in [4.78, 5) is 26.9. The fourth-order valence-corrected chi connectivity index (χ4v) is 4.00. The van der Waals surface area contributed by atoms with Gasteiger partial charge >= 0.3 is 0 Å². The number of benzene rings is 2. The van der Waals surface area contributed by atoms with Crippen LogP contribution in [0.5, 0.6) is 5.75 Å². The van der Waals surface area contributed by atoms with Crippen LogP contribution in [0.1, 0.15) is 47.1 Å². The number of hydrogen-bond donors (Lipinski definition) is 1. The van der Waals surface area contributed by atoms with Crippen molar-refractivity contribution in [1.82, 2.24) is 9.58 Å². The molecule has 1 N–H and O–H groups in total. The highest BCUT2D eigenvalue weighted by Gasteiger charge is 2.37. The molecule has 1 aromatic heterocycles. The summed E-state index contributed by atoms with van der Waals surface area (Å²) in [5.74, 6) is -0.873. The zero-order valence-corrected chi connectivity index (χ0v) is 17.3. The fraction of sp³-hybridized carbons (Fsp3) is 0.250. The van der Waals surface area contributed by atoms with Gasteiger partial charge in [-0.25, -0.2) is 0 Å². The van der Waals surface area contributed by atoms with Gasteiger partial charge in [-0.2, -0.15) is 0 Å². The summed E-state index contributed by atoms with van der Waals surface area (Å²) >= 11 is 0. The second-order valence-electron chi connectivity index (χ2n) is 7.84. The van der Waals surface area contributed by atoms with E-state index in [0.29, 0.717) is 6.67 Å². The molecule has 0 saturated carbocycles. The summed E-state index contributed by atoms with van der Waals surface area (Å²) in [5, 5.41) is 12.5. The molecular weight excluding hydrogens is 378 g/mol. The molecular formula is C24H25N3O3. The Balaban J connectivity index is 1.98. The van der Waals surface area contributed by atoms with Crippen LogP contribution in [0.2, 0.25) is 0 Å². The molecule has 4 rings (SSSR count). The Bertz CT molecular complexity index is 1140. The summed E-state index contributed by atoms with van der Waals surface area (Å²) in [6.07, 6.45) is 1.57. The van der Waals surface area contributed by atoms with Crippen LogP contribution in [0.4, 0.5) is 0 Å². The Labute approximate surface area is 175 Å². The second-order valence-corrected chi connectivity index (χ2v) is 7.84. The lowest BCUT2D eigenvalue weighted by atomic mass is 9.94. The molecule has 154 valence electrons. The van der Waals surface area contributed by atoms with E-state index >= 15 is 0 Å². The SMILES string of the molecule is Cc1ccccc1C(c1ccccc1)N1CN(C(C)C)C(=O)c2c(O)c(=O)ccn21. The van der Waals surface area contributed by atoms with E-state index in [2.05, 4.69) is 31.2 Å². The first kappa shape index (κ1) is 19.8. The molecule has 0 bridgehead atoms. The summed E-state index contributed by atoms with van der Waals surface area (Å²) in [6, 6.07) is 19.1. The maximum Gasteiger partial charge on any atom is 0.278 e. The van der Waals surface area contributed by atoms with Crippen molar-refractivity contribution in [3.05, 3.63) is 99.5 Å². The van der Waals surface area contributed by atoms with Gasteiger partial charge in [0, 0.05) is 18.3 Å². The molecule has 1 aliphatic rings. The van der Waals surface area contributed by atoms with Crippen molar-refractivity contribution in [2.24, 2.45) is 0 Å². The first-order chi connectivity index (χ1) is 14.4. The number of carbonyl (C=O) groups is 1. The smallest absolute Gasteiger partial charge is 0.278 e. The van der Waals surface area contributed by atoms with Crippen molar-refractivity contribution < 1.29 is 9.90 Å². The molecule has 3 aromatic rings. The minimum absolute atomic E-state index is 0.00281. The van der Waals surface area contributed by atoms with Crippen molar-refractivity contribution in [2.75, 3.05) is 11.7 Å². The van der Waals surface area contributed by atoms with E-state index in [9.17, 15) is 14.7 Å². The molecule has 0 saturated heterocycles. The molecule has 1 unspecified atom stereocenters. The average molecular weight is 403 g/mol. The Kier molecular flexibility index (Phi) is 5.08. The number of hydrogen-bond acceptors (Lipinski definition) is 4. The quantitative estimate of drug-likeness (QED) is 0.725. The minimum atomic E-state index is -0.563. The van der Waals surface area contributed by atoms with E-state index in [-0.39, 0.29) is 23.7 Å². The van der Waals surface area contributed by atoms with Gasteiger partial charge in [0.1, 0.15) is 6.67 Å². The molecule has 0 radical (unpaired) electrons. The van der Waals surface area contributed by atoms with Crippen LogP contribution in [-0.4, -0.2) is 33.3 Å². The number of aryl methyl sites for hydroxylation is 1. The highest BCUT2D eigenvalue weighted by Crippen LogP contribution is 2.33. The highest BCUT2D eigenvalue weighted by atomic mass is 16.3. The van der Waals surface area contributed by atoms with Gasteiger partial charge in [-0.15, -0.1) is 0 Å². The van der Waals surface area contributed by atoms with Gasteiger partial charge in [0.15, 0.2) is 11.4 Å². The monoisotopic (exact) mass is 403 g/mol. The third-order valence-electron chi connectivity index (χ3n) is 5.61. The number of aromatic hydroxyl groups is 1. The minimum Gasteiger partial charge on any atom is -0.502 e. The summed E-state index contributed by atoms with van der Waals surface area (Å²) in [6.45, 7) is 6.23. The molecule has 0 aliphatic carbocycles. The van der Waals surface area contributed by atoms with Crippen LogP contribution in [0.25, 0.3) is 0 Å². The maximum absolute atomic E-state index is 13.1. The van der Waals surface area contributed by atoms with E-state index < -0.39 is 11.2 Å². The third-order valence-corrected chi connectivity index (χ3v) is 5.61. The molecule has 2 heterocycles. The maximum atomic E-state index is 13.1. The van der Waals surface area contributed by atoms with Crippen molar-refractivity contribution >= 4 is 5.91 Å². The van der Waals surface area contributed by atoms with Crippen molar-refractivity contribution in [1.29, 1.82) is 0 Å². The lowest BCUT2D eigenvalue weighted by Crippen LogP contribution is -2.57. The van der Waals surface area contributed by atoms with Gasteiger partial charge in [-0.1, -0.05) is 54.6 Å². The Morgan fingerprint density at radius 1 is 0.933 bits per heavy atom. The van der Waals surface area contributed by atoms with Crippen LogP contribution in [0.15, 0.2) is 71.7 Å². The molecule has 30 heavy (non-hydrogen) atoms. The van der Waals surface area contributed by atoms with Crippen molar-refractivity contribution in [3.63, 3.8) is 0 Å². The predicted molar refractivity (Wildman–Crippen MR) is 116 cm³/mol. The van der Waals surface area contributed by atoms with Gasteiger partial charge in [-0.05, 0) is 37.5 Å². The van der Waals surface area contributed by atoms with E-state index in [1.807, 2.05) is 49.2 Å². The number of pyridine rings is 1. The van der Waals surface area contributed by atoms with Crippen LogP contribution in [0.3, 0.4) is 0 Å². The molecule has 6 nitrogen and oxygen atoms in total. The largest absolute Gasteiger partial charge is 0.502 e. The molecule has 6 heteroatoms. The number of nitrogens with zero attached hydrogens (tertiary/aromatic N) is 3. The highest BCUT2D eigenvalue weighted by molar-refractivity contribution is 5.96. The number of fused-ring (bicyclic) bond motifs is 1. The summed E-state index contributed by atoms with van der Waals surface area (Å²) in [7, 11) is 0. The summed E-state index contributed by atoms with van der Waals surface area (Å²) < 4.78 is 1.63. The van der Waals surface area contributed by atoms with E-state index in [4.69, 9.17) is 0 Å². The van der Waals surface area contributed by atoms with Gasteiger partial charge in [0.2, 0.25) is 5.43 Å². The van der Waals surface area contributed by atoms with Crippen LogP contribution in [-0.2, 0) is 0 Å².